The zero-order valence-electron chi connectivity index (χ0n) is 60.3. The number of aromatic hydroxyl groups is 1. The molecular weight excluding hydrogens is 1750 g/mol. The van der Waals surface area contributed by atoms with Crippen molar-refractivity contribution in [1.82, 2.24) is 24.3 Å². The van der Waals surface area contributed by atoms with Crippen LogP contribution in [0.15, 0.2) is 158 Å². The van der Waals surface area contributed by atoms with E-state index in [0.717, 1.165) is 47.4 Å². The molecule has 0 radical (unpaired) electrons. The highest BCUT2D eigenvalue weighted by molar-refractivity contribution is 8.00. The second-order valence-electron chi connectivity index (χ2n) is 23.2. The van der Waals surface area contributed by atoms with Gasteiger partial charge in [-0.25, -0.2) is 4.98 Å². The summed E-state index contributed by atoms with van der Waals surface area (Å²) in [6.45, 7) is 4.48. The molecule has 0 saturated heterocycles. The highest BCUT2D eigenvalue weighted by Crippen LogP contribution is 2.46. The number of pyridine rings is 1. The van der Waals surface area contributed by atoms with Crippen molar-refractivity contribution in [3.05, 3.63) is 129 Å². The molecule has 3 aromatic heterocycles. The van der Waals surface area contributed by atoms with Crippen LogP contribution < -0.4 is 24.8 Å². The molecule has 45 nitrogen and oxygen atoms in total. The number of aryl methyl sites for hydroxylation is 2. The van der Waals surface area contributed by atoms with Gasteiger partial charge in [-0.2, -0.15) is 72.5 Å². The maximum Gasteiger partial charge on any atom is 0.425 e. The number of rotatable bonds is 37. The van der Waals surface area contributed by atoms with Crippen molar-refractivity contribution in [3.8, 4) is 29.2 Å². The molecule has 0 fully saturated rings. The minimum absolute atomic E-state index is 0.00769. The number of nitriles is 1. The number of ether oxygens (including phenoxy) is 3. The number of thioether (sulfide) groups is 3. The largest absolute Gasteiger partial charge is 0.497 e. The number of anilines is 4. The summed E-state index contributed by atoms with van der Waals surface area (Å²) in [4.78, 5) is 39.9. The fourth-order valence-corrected chi connectivity index (χ4v) is 15.6. The molecule has 8 N–H and O–H groups in total. The summed E-state index contributed by atoms with van der Waals surface area (Å²) in [6, 6.07) is 24.0. The number of nitro groups is 1. The van der Waals surface area contributed by atoms with Gasteiger partial charge in [0.15, 0.2) is 22.2 Å². The Morgan fingerprint density at radius 3 is 1.62 bits per heavy atom. The third-order valence-corrected chi connectivity index (χ3v) is 22.1. The van der Waals surface area contributed by atoms with Gasteiger partial charge in [0.25, 0.3) is 62.8 Å². The van der Waals surface area contributed by atoms with E-state index < -0.39 is 122 Å². The molecule has 9 rings (SSSR count). The van der Waals surface area contributed by atoms with Gasteiger partial charge in [0.1, 0.15) is 50.8 Å². The Balaban J connectivity index is 0.00000226. The number of fused-ring (bicyclic) bond motifs is 3. The first-order chi connectivity index (χ1) is 54.9. The van der Waals surface area contributed by atoms with E-state index in [1.807, 2.05) is 0 Å². The SMILES string of the molecule is COc1ccc2c(c1)nc1c(C#N)c(C)c(N=Nc3cc(C)c(N=Nc4cc(Nc5nc(Nc6ccccc6OC=O)nc(SCCCS(=O)(=O)O)n5)c(N=Nc5cc(C)c(N=Nc6ccc([N+](=O)[O-])cc6S(=O)(=O)O)cc5SCCCS(=O)(=O)O)cc4SCCCS(=O)(=O)O)cc3OCCCS(=O)(=O)O)c(O)n12.O=S(=O)=O.O=S(=O)=O. The second kappa shape index (κ2) is 41.6. The van der Waals surface area contributed by atoms with Crippen LogP contribution in [0.1, 0.15) is 47.9 Å². The lowest BCUT2D eigenvalue weighted by atomic mass is 10.1. The fraction of sp³-hybridized carbons (Fsp3) is 0.258. The molecule has 117 heavy (non-hydrogen) atoms. The third kappa shape index (κ3) is 29.2. The van der Waals surface area contributed by atoms with Crippen molar-refractivity contribution in [3.63, 3.8) is 0 Å². The Bertz CT molecular complexity index is 6300. The molecule has 55 heteroatoms. The Morgan fingerprint density at radius 1 is 0.573 bits per heavy atom. The zero-order valence-corrected chi connectivity index (χ0v) is 68.4. The van der Waals surface area contributed by atoms with Crippen molar-refractivity contribution < 1.29 is 119 Å². The Morgan fingerprint density at radius 2 is 1.07 bits per heavy atom. The van der Waals surface area contributed by atoms with E-state index in [-0.39, 0.29) is 168 Å². The molecule has 0 unspecified atom stereocenters. The minimum Gasteiger partial charge on any atom is -0.497 e. The number of carbonyl (C=O) groups excluding carboxylic acids is 1. The molecule has 6 aromatic carbocycles. The molecule has 0 bridgehead atoms. The van der Waals surface area contributed by atoms with Crippen LogP contribution in [0.3, 0.4) is 0 Å². The summed E-state index contributed by atoms with van der Waals surface area (Å²) in [6.07, 6.45) is -0.590. The fourth-order valence-electron chi connectivity index (χ4n) is 9.75. The first-order valence-electron chi connectivity index (χ1n) is 32.3. The Labute approximate surface area is 679 Å². The van der Waals surface area contributed by atoms with Gasteiger partial charge in [-0.1, -0.05) is 23.9 Å². The molecular formula is C62H61N17O28S10. The lowest BCUT2D eigenvalue weighted by molar-refractivity contribution is -0.385. The van der Waals surface area contributed by atoms with Crippen LogP contribution in [0.25, 0.3) is 16.7 Å². The highest BCUT2D eigenvalue weighted by Gasteiger charge is 2.25. The first-order valence-corrected chi connectivity index (χ1v) is 45.1. The Kier molecular flexibility index (Phi) is 33.1. The summed E-state index contributed by atoms with van der Waals surface area (Å²) < 4.78 is 237. The number of benzene rings is 6. The topological polar surface area (TPSA) is 685 Å². The van der Waals surface area contributed by atoms with Gasteiger partial charge >= 0.3 is 21.2 Å². The number of methoxy groups -OCH3 is 1. The van der Waals surface area contributed by atoms with Crippen molar-refractivity contribution in [2.45, 2.75) is 66.3 Å². The molecule has 0 aliphatic rings. The number of non-ortho nitro benzene ring substituents is 1. The van der Waals surface area contributed by atoms with E-state index in [1.54, 1.807) is 37.3 Å². The van der Waals surface area contributed by atoms with E-state index >= 15 is 0 Å². The standard InChI is InChI=1S/C62H61N17O22S8.2O3S/c1-35-25-48(74-77-57-37(3)40(33-63)58-64-47-28-39(99-4)14-16-51(47)78(58)59(57)81)53(100-17-7-21-105(84,85)86)30-43(35)71-76-50-29-45(66-61-67-60(65-41-11-5-6-12-52(41)101-34-80)68-62(69-61)104-20-10-24-108(93,94)95)46(32-55(50)103-19-9-23-107(90,91)92)73-75-49-26-36(2)44(31-54(49)102-18-8-22-106(87,88)89)72-70-42-15-13-38(79(82)83)27-56(42)109(96,97)98;2*1-4(2)3/h5-6,11-16,25-32,34,81H,7-10,17-24H2,1-4H3,(H,84,85,86)(H,87,88,89)(H,90,91,92)(H,93,94,95)(H,96,97,98)(H2,65,66,67,68,69);;. The van der Waals surface area contributed by atoms with E-state index in [4.69, 9.17) is 39.5 Å². The number of nitrogens with zero attached hydrogens (tertiary/aromatic N) is 15. The van der Waals surface area contributed by atoms with E-state index in [0.29, 0.717) is 28.4 Å². The van der Waals surface area contributed by atoms with Crippen LogP contribution in [0, 0.1) is 42.2 Å². The number of hydrogen-bond donors (Lipinski definition) is 8. The van der Waals surface area contributed by atoms with Gasteiger partial charge in [-0.3, -0.25) is 42.1 Å². The number of para-hydroxylation sites is 2. The molecule has 0 aliphatic carbocycles. The molecule has 0 atom stereocenters. The lowest BCUT2D eigenvalue weighted by Crippen LogP contribution is -2.08. The van der Waals surface area contributed by atoms with Gasteiger partial charge in [-0.05, 0) is 130 Å². The van der Waals surface area contributed by atoms with Crippen molar-refractivity contribution in [2.24, 2.45) is 40.9 Å². The van der Waals surface area contributed by atoms with Gasteiger partial charge in [0, 0.05) is 45.4 Å². The van der Waals surface area contributed by atoms with E-state index in [2.05, 4.69) is 77.6 Å². The quantitative estimate of drug-likeness (QED) is 0.00341. The van der Waals surface area contributed by atoms with E-state index in [9.17, 15) is 90.1 Å². The molecule has 622 valence electrons. The minimum atomic E-state index is -5.12. The smallest absolute Gasteiger partial charge is 0.425 e. The predicted octanol–water partition coefficient (Wildman–Crippen LogP) is 11.8. The highest BCUT2D eigenvalue weighted by atomic mass is 32.2. The third-order valence-electron chi connectivity index (χ3n) is 14.8. The summed E-state index contributed by atoms with van der Waals surface area (Å²) in [5.74, 6) is -3.25. The van der Waals surface area contributed by atoms with Crippen LogP contribution >= 0.6 is 35.3 Å². The van der Waals surface area contributed by atoms with Gasteiger partial charge in [0.05, 0.1) is 81.1 Å². The van der Waals surface area contributed by atoms with Crippen LogP contribution in [0.4, 0.5) is 74.5 Å². The number of aromatic nitrogens is 5. The maximum atomic E-state index is 12.4. The number of imidazole rings is 1. The average Bonchev–Trinajstić information content (AvgIpc) is 1.60. The van der Waals surface area contributed by atoms with E-state index in [1.165, 1.54) is 73.9 Å². The number of hydrogen-bond acceptors (Lipinski definition) is 41. The zero-order chi connectivity index (χ0) is 86.3. The van der Waals surface area contributed by atoms with Crippen LogP contribution in [-0.4, -0.2) is 185 Å². The van der Waals surface area contributed by atoms with Gasteiger partial charge in [0.2, 0.25) is 17.8 Å². The second-order valence-corrected chi connectivity index (χ2v) is 35.1. The molecule has 0 amide bonds. The monoisotopic (exact) mass is 1810 g/mol. The number of nitrogens with one attached hydrogen (secondary N) is 2. The van der Waals surface area contributed by atoms with Gasteiger partial charge < -0.3 is 30.0 Å². The molecule has 0 spiro atoms. The number of nitro benzene ring substituents is 1. The van der Waals surface area contributed by atoms with Crippen LogP contribution in [-0.2, 0) is 76.6 Å². The Hall–Kier alpha value is -11.1. The lowest BCUT2D eigenvalue weighted by Gasteiger charge is -2.15. The average molecular weight is 1810 g/mol. The van der Waals surface area contributed by atoms with Crippen molar-refractivity contribution in [1.29, 1.82) is 5.26 Å². The molecule has 3 heterocycles. The summed E-state index contributed by atoms with van der Waals surface area (Å²) >= 11 is 2.93. The number of azo groups is 4. The van der Waals surface area contributed by atoms with Gasteiger partial charge in [-0.15, -0.1) is 79.5 Å². The van der Waals surface area contributed by atoms with Crippen molar-refractivity contribution >= 4 is 205 Å². The maximum absolute atomic E-state index is 12.4. The first kappa shape index (κ1) is 93.0. The molecule has 0 saturated carbocycles. The number of carbonyl (C=O) groups is 1. The summed E-state index contributed by atoms with van der Waals surface area (Å²) in [5, 5.41) is 75.3. The molecule has 0 aliphatic heterocycles. The summed E-state index contributed by atoms with van der Waals surface area (Å²) in [5.41, 5.74) is 0.478. The van der Waals surface area contributed by atoms with Crippen LogP contribution in [0.2, 0.25) is 0 Å². The van der Waals surface area contributed by atoms with Crippen LogP contribution in [0.5, 0.6) is 23.1 Å². The summed E-state index contributed by atoms with van der Waals surface area (Å²) in [7, 11) is -27.7. The van der Waals surface area contributed by atoms with Crippen molar-refractivity contribution in [2.75, 3.05) is 64.6 Å². The predicted molar refractivity (Wildman–Crippen MR) is 420 cm³/mol. The normalized spacial score (nSPS) is 12.0. The molecule has 9 aromatic rings.